The minimum Gasteiger partial charge on any atom is -0.490 e. The molecular weight excluding hydrogens is 290 g/mol. The van der Waals surface area contributed by atoms with Gasteiger partial charge in [-0.2, -0.15) is 0 Å². The van der Waals surface area contributed by atoms with Crippen molar-refractivity contribution in [1.29, 1.82) is 0 Å². The van der Waals surface area contributed by atoms with E-state index in [2.05, 4.69) is 5.32 Å². The van der Waals surface area contributed by atoms with Crippen molar-refractivity contribution in [1.82, 2.24) is 5.32 Å². The third-order valence-corrected chi connectivity index (χ3v) is 4.59. The number of methoxy groups -OCH3 is 1. The maximum atomic E-state index is 12.3. The molecule has 0 spiro atoms. The number of benzene rings is 1. The molecule has 0 aromatic heterocycles. The molecule has 0 aliphatic carbocycles. The van der Waals surface area contributed by atoms with Crippen LogP contribution in [-0.4, -0.2) is 50.0 Å². The highest BCUT2D eigenvalue weighted by Crippen LogP contribution is 2.31. The van der Waals surface area contributed by atoms with Crippen molar-refractivity contribution < 1.29 is 18.4 Å². The molecule has 1 aliphatic heterocycles. The molecule has 0 saturated heterocycles. The maximum Gasteiger partial charge on any atom is 0.162 e. The van der Waals surface area contributed by atoms with Gasteiger partial charge in [0, 0.05) is 36.8 Å². The average Bonchev–Trinajstić information content (AvgIpc) is 2.75. The quantitative estimate of drug-likeness (QED) is 0.739. The molecule has 1 aliphatic rings. The van der Waals surface area contributed by atoms with Gasteiger partial charge in [0.25, 0.3) is 0 Å². The Balaban J connectivity index is 1.81. The second-order valence-corrected chi connectivity index (χ2v) is 6.38. The van der Waals surface area contributed by atoms with E-state index in [1.165, 1.54) is 0 Å². The zero-order valence-corrected chi connectivity index (χ0v) is 13.2. The fourth-order valence-electron chi connectivity index (χ4n) is 2.03. The fourth-order valence-corrected chi connectivity index (χ4v) is 3.13. The Morgan fingerprint density at radius 3 is 2.86 bits per heavy atom. The summed E-state index contributed by atoms with van der Waals surface area (Å²) in [6.45, 7) is 3.69. The number of hydrogen-bond acceptors (Lipinski definition) is 5. The summed E-state index contributed by atoms with van der Waals surface area (Å²) in [5, 5.41) is 3.25. The number of hydrogen-bond donors (Lipinski definition) is 1. The largest absolute Gasteiger partial charge is 0.490 e. The fraction of sp³-hybridized carbons (Fsp3) is 0.600. The van der Waals surface area contributed by atoms with E-state index in [1.807, 2.05) is 18.2 Å². The second-order valence-electron chi connectivity index (χ2n) is 4.81. The van der Waals surface area contributed by atoms with Gasteiger partial charge in [-0.15, -0.1) is 0 Å². The number of fused-ring (bicyclic) bond motifs is 1. The van der Waals surface area contributed by atoms with Crippen LogP contribution < -0.4 is 14.8 Å². The third kappa shape index (κ3) is 5.30. The summed E-state index contributed by atoms with van der Waals surface area (Å²) in [4.78, 5) is 0.802. The minimum atomic E-state index is -1.00. The Hall–Kier alpha value is -1.11. The monoisotopic (exact) mass is 313 g/mol. The zero-order chi connectivity index (χ0) is 14.9. The van der Waals surface area contributed by atoms with Gasteiger partial charge >= 0.3 is 0 Å². The van der Waals surface area contributed by atoms with Gasteiger partial charge in [-0.25, -0.2) is 0 Å². The van der Waals surface area contributed by atoms with Gasteiger partial charge in [-0.05, 0) is 25.1 Å². The van der Waals surface area contributed by atoms with Crippen molar-refractivity contribution >= 4 is 10.8 Å². The summed E-state index contributed by atoms with van der Waals surface area (Å²) >= 11 is 0. The predicted octanol–water partition coefficient (Wildman–Crippen LogP) is 1.58. The lowest BCUT2D eigenvalue weighted by molar-refractivity contribution is 0.199. The van der Waals surface area contributed by atoms with E-state index in [0.29, 0.717) is 31.3 Å². The first-order valence-corrected chi connectivity index (χ1v) is 8.61. The van der Waals surface area contributed by atoms with Gasteiger partial charge in [0.15, 0.2) is 11.5 Å². The van der Waals surface area contributed by atoms with Crippen LogP contribution in [0.25, 0.3) is 0 Å². The molecule has 0 radical (unpaired) electrons. The number of nitrogens with one attached hydrogen (secondary N) is 1. The molecule has 1 aromatic carbocycles. The molecule has 1 heterocycles. The van der Waals surface area contributed by atoms with Gasteiger partial charge in [-0.3, -0.25) is 4.21 Å². The number of ether oxygens (including phenoxy) is 3. The third-order valence-electron chi connectivity index (χ3n) is 3.15. The van der Waals surface area contributed by atoms with Crippen molar-refractivity contribution in [3.63, 3.8) is 0 Å². The summed E-state index contributed by atoms with van der Waals surface area (Å²) in [5.74, 6) is 2.09. The summed E-state index contributed by atoms with van der Waals surface area (Å²) in [6, 6.07) is 5.56. The van der Waals surface area contributed by atoms with E-state index in [0.717, 1.165) is 36.6 Å². The molecule has 1 N–H and O–H groups in total. The molecule has 1 unspecified atom stereocenters. The Bertz CT molecular complexity index is 467. The highest BCUT2D eigenvalue weighted by atomic mass is 32.2. The molecule has 2 rings (SSSR count). The lowest BCUT2D eigenvalue weighted by Gasteiger charge is -2.09. The minimum absolute atomic E-state index is 0.639. The second kappa shape index (κ2) is 9.02. The molecule has 118 valence electrons. The van der Waals surface area contributed by atoms with Gasteiger partial charge in [0.2, 0.25) is 0 Å². The summed E-state index contributed by atoms with van der Waals surface area (Å²) in [6.07, 6.45) is 1.74. The first kappa shape index (κ1) is 16.3. The standard InChI is InChI=1S/C15H23NO4S/c1-18-10-7-16-6-2-11-21(17)13-4-5-14-15(12-13)20-9-3-8-19-14/h4-5,12,16H,2-3,6-11H2,1H3. The van der Waals surface area contributed by atoms with Gasteiger partial charge in [0.05, 0.1) is 30.6 Å². The number of rotatable bonds is 8. The van der Waals surface area contributed by atoms with Crippen molar-refractivity contribution in [2.45, 2.75) is 17.7 Å². The van der Waals surface area contributed by atoms with Crippen LogP contribution in [-0.2, 0) is 15.5 Å². The Kier molecular flexibility index (Phi) is 6.99. The maximum absolute atomic E-state index is 12.3. The molecule has 1 aromatic rings. The van der Waals surface area contributed by atoms with E-state index in [1.54, 1.807) is 7.11 Å². The summed E-state index contributed by atoms with van der Waals surface area (Å²) in [7, 11) is 0.680. The highest BCUT2D eigenvalue weighted by Gasteiger charge is 2.13. The molecular formula is C15H23NO4S. The molecule has 0 saturated carbocycles. The van der Waals surface area contributed by atoms with Crippen LogP contribution in [0.5, 0.6) is 11.5 Å². The molecule has 5 nitrogen and oxygen atoms in total. The SMILES string of the molecule is COCCNCCCS(=O)c1ccc2c(c1)OCCCO2. The first-order valence-electron chi connectivity index (χ1n) is 7.29. The topological polar surface area (TPSA) is 56.8 Å². The first-order chi connectivity index (χ1) is 10.3. The molecule has 21 heavy (non-hydrogen) atoms. The average molecular weight is 313 g/mol. The van der Waals surface area contributed by atoms with Crippen molar-refractivity contribution in [3.8, 4) is 11.5 Å². The van der Waals surface area contributed by atoms with Gasteiger partial charge < -0.3 is 19.5 Å². The van der Waals surface area contributed by atoms with Crippen LogP contribution >= 0.6 is 0 Å². The van der Waals surface area contributed by atoms with E-state index in [9.17, 15) is 4.21 Å². The molecule has 0 fully saturated rings. The van der Waals surface area contributed by atoms with E-state index in [4.69, 9.17) is 14.2 Å². The van der Waals surface area contributed by atoms with Crippen LogP contribution in [0, 0.1) is 0 Å². The van der Waals surface area contributed by atoms with E-state index >= 15 is 0 Å². The van der Waals surface area contributed by atoms with Gasteiger partial charge in [-0.1, -0.05) is 0 Å². The lowest BCUT2D eigenvalue weighted by atomic mass is 10.3. The predicted molar refractivity (Wildman–Crippen MR) is 82.7 cm³/mol. The van der Waals surface area contributed by atoms with Crippen LogP contribution in [0.2, 0.25) is 0 Å². The zero-order valence-electron chi connectivity index (χ0n) is 12.4. The Labute approximate surface area is 128 Å². The molecule has 0 amide bonds. The van der Waals surface area contributed by atoms with Crippen LogP contribution in [0.3, 0.4) is 0 Å². The Morgan fingerprint density at radius 1 is 1.24 bits per heavy atom. The molecule has 0 bridgehead atoms. The smallest absolute Gasteiger partial charge is 0.162 e. The van der Waals surface area contributed by atoms with E-state index < -0.39 is 10.8 Å². The normalized spacial score (nSPS) is 15.5. The highest BCUT2D eigenvalue weighted by molar-refractivity contribution is 7.85. The van der Waals surface area contributed by atoms with E-state index in [-0.39, 0.29) is 0 Å². The lowest BCUT2D eigenvalue weighted by Crippen LogP contribution is -2.21. The van der Waals surface area contributed by atoms with Crippen molar-refractivity contribution in [2.75, 3.05) is 45.8 Å². The Morgan fingerprint density at radius 2 is 2.05 bits per heavy atom. The van der Waals surface area contributed by atoms with Crippen LogP contribution in [0.4, 0.5) is 0 Å². The summed E-state index contributed by atoms with van der Waals surface area (Å²) < 4.78 is 28.4. The van der Waals surface area contributed by atoms with Crippen LogP contribution in [0.1, 0.15) is 12.8 Å². The van der Waals surface area contributed by atoms with Crippen LogP contribution in [0.15, 0.2) is 23.1 Å². The molecule has 6 heteroatoms. The van der Waals surface area contributed by atoms with Gasteiger partial charge in [0.1, 0.15) is 0 Å². The molecule has 1 atom stereocenters. The van der Waals surface area contributed by atoms with Crippen molar-refractivity contribution in [2.24, 2.45) is 0 Å². The van der Waals surface area contributed by atoms with Crippen molar-refractivity contribution in [3.05, 3.63) is 18.2 Å². The summed E-state index contributed by atoms with van der Waals surface area (Å²) in [5.41, 5.74) is 0.